The highest BCUT2D eigenvalue weighted by Crippen LogP contribution is 2.33. The fourth-order valence-corrected chi connectivity index (χ4v) is 2.32. The summed E-state index contributed by atoms with van der Waals surface area (Å²) in [5.41, 5.74) is 1.78. The van der Waals surface area contributed by atoms with Gasteiger partial charge in [0.2, 0.25) is 0 Å². The molecule has 1 rings (SSSR count). The third-order valence-electron chi connectivity index (χ3n) is 2.37. The highest BCUT2D eigenvalue weighted by molar-refractivity contribution is 9.10. The molecule has 0 aliphatic carbocycles. The van der Waals surface area contributed by atoms with E-state index in [0.717, 1.165) is 28.1 Å². The highest BCUT2D eigenvalue weighted by Gasteiger charge is 2.04. The van der Waals surface area contributed by atoms with Crippen LogP contribution in [-0.4, -0.2) is 44.1 Å². The number of rotatable bonds is 7. The molecule has 0 atom stereocenters. The van der Waals surface area contributed by atoms with Crippen LogP contribution in [0.5, 0.6) is 0 Å². The zero-order valence-electron chi connectivity index (χ0n) is 11.1. The van der Waals surface area contributed by atoms with E-state index in [-0.39, 0.29) is 0 Å². The lowest BCUT2D eigenvalue weighted by Gasteiger charge is -2.24. The van der Waals surface area contributed by atoms with Gasteiger partial charge in [0.15, 0.2) is 0 Å². The molecule has 0 bridgehead atoms. The van der Waals surface area contributed by atoms with Crippen molar-refractivity contribution in [1.29, 1.82) is 5.41 Å². The molecule has 0 saturated heterocycles. The molecule has 1 aromatic carbocycles. The molecule has 102 valence electrons. The highest BCUT2D eigenvalue weighted by atomic mass is 79.9. The summed E-state index contributed by atoms with van der Waals surface area (Å²) in [7, 11) is -0.483. The number of hydrogen-bond acceptors (Lipinski definition) is 3. The summed E-state index contributed by atoms with van der Waals surface area (Å²) in [5.74, 6) is 1.12. The Morgan fingerprint density at radius 3 is 2.72 bits per heavy atom. The Labute approximate surface area is 119 Å². The first-order chi connectivity index (χ1) is 8.42. The summed E-state index contributed by atoms with van der Waals surface area (Å²) >= 11 is 3.39. The second-order valence-corrected chi connectivity index (χ2v) is 10.4. The van der Waals surface area contributed by atoms with Gasteiger partial charge >= 0.3 is 0 Å². The van der Waals surface area contributed by atoms with Crippen LogP contribution in [0, 0.1) is 5.41 Å². The van der Waals surface area contributed by atoms with Gasteiger partial charge in [-0.3, -0.25) is 0 Å². The van der Waals surface area contributed by atoms with Gasteiger partial charge in [0, 0.05) is 27.7 Å². The van der Waals surface area contributed by atoms with Crippen LogP contribution in [-0.2, 0) is 4.74 Å². The first kappa shape index (κ1) is 15.5. The van der Waals surface area contributed by atoms with Gasteiger partial charge in [-0.05, 0) is 37.0 Å². The van der Waals surface area contributed by atoms with Gasteiger partial charge < -0.3 is 15.5 Å². The summed E-state index contributed by atoms with van der Waals surface area (Å²) in [5, 5.41) is 10.5. The van der Waals surface area contributed by atoms with Gasteiger partial charge in [0.1, 0.15) is 6.73 Å². The monoisotopic (exact) mass is 332 g/mol. The van der Waals surface area contributed by atoms with Gasteiger partial charge in [-0.2, -0.15) is 0 Å². The zero-order valence-corrected chi connectivity index (χ0v) is 13.5. The van der Waals surface area contributed by atoms with E-state index in [1.165, 1.54) is 6.21 Å². The third kappa shape index (κ3) is 5.89. The fraction of sp³-hybridized carbons (Fsp3) is 0.462. The van der Waals surface area contributed by atoms with Crippen molar-refractivity contribution in [2.45, 2.75) is 0 Å². The summed E-state index contributed by atoms with van der Waals surface area (Å²) in [4.78, 5) is 0. The van der Waals surface area contributed by atoms with Crippen molar-refractivity contribution >= 4 is 37.9 Å². The average molecular weight is 333 g/mol. The lowest BCUT2D eigenvalue weighted by molar-refractivity contribution is 0.169. The van der Waals surface area contributed by atoms with Crippen molar-refractivity contribution in [2.75, 3.05) is 43.2 Å². The van der Waals surface area contributed by atoms with E-state index in [1.54, 1.807) is 0 Å². The standard InChI is InChI=1S/C13H21BrN2OS/c1-18(2,3)7-6-17-10-16-13-5-4-12(14)8-11(13)9-15/h4-5,8-9,15-16H,6-7,10H2,1-3H3. The van der Waals surface area contributed by atoms with Crippen molar-refractivity contribution in [2.24, 2.45) is 0 Å². The molecule has 0 radical (unpaired) electrons. The van der Waals surface area contributed by atoms with Gasteiger partial charge in [-0.25, -0.2) is 10.0 Å². The molecule has 0 aliphatic heterocycles. The summed E-state index contributed by atoms with van der Waals surface area (Å²) < 4.78 is 6.54. The van der Waals surface area contributed by atoms with E-state index in [9.17, 15) is 0 Å². The van der Waals surface area contributed by atoms with Gasteiger partial charge in [-0.1, -0.05) is 15.9 Å². The van der Waals surface area contributed by atoms with Crippen molar-refractivity contribution in [1.82, 2.24) is 0 Å². The van der Waals surface area contributed by atoms with Crippen molar-refractivity contribution in [3.8, 4) is 0 Å². The third-order valence-corrected chi connectivity index (χ3v) is 4.26. The van der Waals surface area contributed by atoms with E-state index >= 15 is 0 Å². The summed E-state index contributed by atoms with van der Waals surface area (Å²) in [6, 6.07) is 5.81. The molecule has 0 aliphatic rings. The van der Waals surface area contributed by atoms with E-state index in [0.29, 0.717) is 6.73 Å². The zero-order chi connectivity index (χ0) is 13.6. The SMILES string of the molecule is CS(C)(C)CCOCNc1ccc(Br)cc1C=N. The minimum Gasteiger partial charge on any atom is -0.362 e. The maximum Gasteiger partial charge on any atom is 0.116 e. The van der Waals surface area contributed by atoms with Crippen LogP contribution in [0.2, 0.25) is 0 Å². The average Bonchev–Trinajstić information content (AvgIpc) is 2.28. The Kier molecular flexibility index (Phi) is 6.18. The summed E-state index contributed by atoms with van der Waals surface area (Å²) in [6.45, 7) is 1.26. The van der Waals surface area contributed by atoms with Gasteiger partial charge in [0.05, 0.1) is 6.61 Å². The molecule has 0 unspecified atom stereocenters. The van der Waals surface area contributed by atoms with Crippen LogP contribution >= 0.6 is 26.0 Å². The quantitative estimate of drug-likeness (QED) is 0.455. The van der Waals surface area contributed by atoms with Crippen molar-refractivity contribution < 1.29 is 4.74 Å². The van der Waals surface area contributed by atoms with Crippen LogP contribution in [0.15, 0.2) is 22.7 Å². The van der Waals surface area contributed by atoms with Crippen LogP contribution in [0.1, 0.15) is 5.56 Å². The van der Waals surface area contributed by atoms with Crippen LogP contribution in [0.3, 0.4) is 0 Å². The second-order valence-electron chi connectivity index (χ2n) is 4.90. The molecule has 0 saturated carbocycles. The van der Waals surface area contributed by atoms with Crippen LogP contribution in [0.4, 0.5) is 5.69 Å². The Balaban J connectivity index is 2.38. The molecule has 0 heterocycles. The number of benzene rings is 1. The Bertz CT molecular complexity index is 404. The lowest BCUT2D eigenvalue weighted by Crippen LogP contribution is -2.12. The molecule has 18 heavy (non-hydrogen) atoms. The molecule has 5 heteroatoms. The number of nitrogens with one attached hydrogen (secondary N) is 2. The predicted molar refractivity (Wildman–Crippen MR) is 86.7 cm³/mol. The normalized spacial score (nSPS) is 12.2. The molecule has 0 spiro atoms. The minimum atomic E-state index is -0.483. The first-order valence-electron chi connectivity index (χ1n) is 5.70. The smallest absolute Gasteiger partial charge is 0.116 e. The van der Waals surface area contributed by atoms with E-state index < -0.39 is 10.0 Å². The molecule has 1 aromatic rings. The fourth-order valence-electron chi connectivity index (χ4n) is 1.32. The van der Waals surface area contributed by atoms with Gasteiger partial charge in [0.25, 0.3) is 0 Å². The van der Waals surface area contributed by atoms with Crippen LogP contribution < -0.4 is 5.32 Å². The molecule has 0 amide bonds. The molecule has 0 aromatic heterocycles. The Hall–Kier alpha value is -0.520. The number of ether oxygens (including phenoxy) is 1. The maximum absolute atomic E-state index is 7.36. The largest absolute Gasteiger partial charge is 0.362 e. The molecule has 3 nitrogen and oxygen atoms in total. The maximum atomic E-state index is 7.36. The first-order valence-corrected chi connectivity index (χ1v) is 9.52. The number of hydrogen-bond donors (Lipinski definition) is 2. The number of halogens is 1. The number of anilines is 1. The minimum absolute atomic E-state index is 0.483. The Morgan fingerprint density at radius 1 is 1.39 bits per heavy atom. The van der Waals surface area contributed by atoms with E-state index in [4.69, 9.17) is 10.1 Å². The van der Waals surface area contributed by atoms with Crippen LogP contribution in [0.25, 0.3) is 0 Å². The van der Waals surface area contributed by atoms with Gasteiger partial charge in [-0.15, -0.1) is 0 Å². The van der Waals surface area contributed by atoms with E-state index in [1.807, 2.05) is 18.2 Å². The summed E-state index contributed by atoms with van der Waals surface area (Å²) in [6.07, 6.45) is 8.19. The molecular weight excluding hydrogens is 312 g/mol. The topological polar surface area (TPSA) is 45.1 Å². The lowest BCUT2D eigenvalue weighted by atomic mass is 10.2. The second kappa shape index (κ2) is 7.16. The molecular formula is C13H21BrN2OS. The van der Waals surface area contributed by atoms with Crippen molar-refractivity contribution in [3.63, 3.8) is 0 Å². The van der Waals surface area contributed by atoms with Crippen molar-refractivity contribution in [3.05, 3.63) is 28.2 Å². The molecule has 0 fully saturated rings. The predicted octanol–water partition coefficient (Wildman–Crippen LogP) is 3.53. The molecule has 2 N–H and O–H groups in total. The van der Waals surface area contributed by atoms with E-state index in [2.05, 4.69) is 40.0 Å². The Morgan fingerprint density at radius 2 is 2.11 bits per heavy atom.